The summed E-state index contributed by atoms with van der Waals surface area (Å²) in [7, 11) is 1.65. The molecule has 0 saturated carbocycles. The number of hydrogen-bond donors (Lipinski definition) is 1. The highest BCUT2D eigenvalue weighted by Crippen LogP contribution is 2.32. The van der Waals surface area contributed by atoms with Crippen molar-refractivity contribution in [3.8, 4) is 5.75 Å². The molecule has 3 aromatic rings. The van der Waals surface area contributed by atoms with Crippen LogP contribution in [0.2, 0.25) is 0 Å². The summed E-state index contributed by atoms with van der Waals surface area (Å²) in [6.45, 7) is 7.74. The van der Waals surface area contributed by atoms with Gasteiger partial charge >= 0.3 is 6.03 Å². The monoisotopic (exact) mass is 410 g/mol. The standard InChI is InChI=1S/C22H26N4O2S/c1-15-12-16(2)20-19(13-15)29-22(24-20)26-10-8-25(9-11-26)21(27)23-14-17-4-6-18(28-3)7-5-17/h4-7,12-13H,8-11,14H2,1-3H3,(H,23,27). The topological polar surface area (TPSA) is 57.7 Å². The van der Waals surface area contributed by atoms with Crippen LogP contribution in [-0.2, 0) is 6.54 Å². The largest absolute Gasteiger partial charge is 0.497 e. The Kier molecular flexibility index (Phi) is 5.58. The molecule has 2 aromatic carbocycles. The maximum atomic E-state index is 12.5. The molecule has 1 fully saturated rings. The van der Waals surface area contributed by atoms with Crippen LogP contribution in [0.5, 0.6) is 5.75 Å². The molecule has 0 bridgehead atoms. The van der Waals surface area contributed by atoms with Crippen LogP contribution in [0.4, 0.5) is 9.93 Å². The second-order valence-corrected chi connectivity index (χ2v) is 8.41. The minimum absolute atomic E-state index is 0.0174. The van der Waals surface area contributed by atoms with Gasteiger partial charge in [-0.15, -0.1) is 0 Å². The van der Waals surface area contributed by atoms with Gasteiger partial charge in [0.05, 0.1) is 17.3 Å². The number of nitrogens with one attached hydrogen (secondary N) is 1. The van der Waals surface area contributed by atoms with E-state index in [1.54, 1.807) is 18.4 Å². The maximum absolute atomic E-state index is 12.5. The molecule has 0 atom stereocenters. The molecule has 1 saturated heterocycles. The molecule has 4 rings (SSSR count). The van der Waals surface area contributed by atoms with Crippen molar-refractivity contribution in [1.29, 1.82) is 0 Å². The Labute approximate surface area is 175 Å². The number of carbonyl (C=O) groups is 1. The Morgan fingerprint density at radius 2 is 1.86 bits per heavy atom. The SMILES string of the molecule is COc1ccc(CNC(=O)N2CCN(c3nc4c(C)cc(C)cc4s3)CC2)cc1. The van der Waals surface area contributed by atoms with E-state index in [4.69, 9.17) is 9.72 Å². The van der Waals surface area contributed by atoms with Gasteiger partial charge < -0.3 is 19.9 Å². The van der Waals surface area contributed by atoms with Gasteiger partial charge in [0.1, 0.15) is 5.75 Å². The summed E-state index contributed by atoms with van der Waals surface area (Å²) in [6, 6.07) is 12.1. The number of aromatic nitrogens is 1. The second kappa shape index (κ2) is 8.29. The van der Waals surface area contributed by atoms with Gasteiger partial charge in [0.2, 0.25) is 0 Å². The Morgan fingerprint density at radius 1 is 1.14 bits per heavy atom. The maximum Gasteiger partial charge on any atom is 0.317 e. The number of benzene rings is 2. The predicted octanol–water partition coefficient (Wildman–Crippen LogP) is 3.95. The summed E-state index contributed by atoms with van der Waals surface area (Å²) in [5.41, 5.74) is 4.63. The van der Waals surface area contributed by atoms with Crippen LogP contribution in [0.25, 0.3) is 10.2 Å². The van der Waals surface area contributed by atoms with E-state index in [0.29, 0.717) is 19.6 Å². The van der Waals surface area contributed by atoms with Crippen LogP contribution >= 0.6 is 11.3 Å². The number of methoxy groups -OCH3 is 1. The first-order valence-corrected chi connectivity index (χ1v) is 10.6. The average Bonchev–Trinajstić information content (AvgIpc) is 3.17. The minimum atomic E-state index is -0.0174. The van der Waals surface area contributed by atoms with Crippen molar-refractivity contribution in [1.82, 2.24) is 15.2 Å². The second-order valence-electron chi connectivity index (χ2n) is 7.41. The fourth-order valence-corrected chi connectivity index (χ4v) is 4.82. The Morgan fingerprint density at radius 3 is 2.55 bits per heavy atom. The highest BCUT2D eigenvalue weighted by molar-refractivity contribution is 7.22. The van der Waals surface area contributed by atoms with E-state index in [1.807, 2.05) is 29.2 Å². The molecule has 1 aromatic heterocycles. The predicted molar refractivity (Wildman–Crippen MR) is 118 cm³/mol. The number of urea groups is 1. The fourth-order valence-electron chi connectivity index (χ4n) is 3.63. The molecule has 6 nitrogen and oxygen atoms in total. The summed E-state index contributed by atoms with van der Waals surface area (Å²) < 4.78 is 6.40. The van der Waals surface area contributed by atoms with E-state index in [2.05, 4.69) is 36.2 Å². The molecular formula is C22H26N4O2S. The molecule has 0 radical (unpaired) electrons. The Balaban J connectivity index is 1.32. The quantitative estimate of drug-likeness (QED) is 0.708. The number of piperazine rings is 1. The number of hydrogen-bond acceptors (Lipinski definition) is 5. The molecule has 2 amide bonds. The summed E-state index contributed by atoms with van der Waals surface area (Å²) >= 11 is 1.74. The fraction of sp³-hybridized carbons (Fsp3) is 0.364. The van der Waals surface area contributed by atoms with Crippen molar-refractivity contribution in [3.63, 3.8) is 0 Å². The van der Waals surface area contributed by atoms with Gasteiger partial charge in [-0.1, -0.05) is 29.5 Å². The molecule has 1 N–H and O–H groups in total. The lowest BCUT2D eigenvalue weighted by atomic mass is 10.1. The average molecular weight is 411 g/mol. The molecule has 152 valence electrons. The van der Waals surface area contributed by atoms with E-state index in [9.17, 15) is 4.79 Å². The van der Waals surface area contributed by atoms with Gasteiger partial charge in [-0.25, -0.2) is 9.78 Å². The number of fused-ring (bicyclic) bond motifs is 1. The van der Waals surface area contributed by atoms with Gasteiger partial charge in [-0.05, 0) is 48.7 Å². The number of nitrogens with zero attached hydrogens (tertiary/aromatic N) is 3. The first-order valence-electron chi connectivity index (χ1n) is 9.82. The lowest BCUT2D eigenvalue weighted by molar-refractivity contribution is 0.194. The summed E-state index contributed by atoms with van der Waals surface area (Å²) in [6.07, 6.45) is 0. The molecule has 29 heavy (non-hydrogen) atoms. The Hall–Kier alpha value is -2.80. The van der Waals surface area contributed by atoms with Crippen LogP contribution in [0.15, 0.2) is 36.4 Å². The highest BCUT2D eigenvalue weighted by atomic mass is 32.1. The molecule has 2 heterocycles. The first kappa shape index (κ1) is 19.5. The third-order valence-electron chi connectivity index (χ3n) is 5.26. The Bertz CT molecular complexity index is 1010. The number of rotatable bonds is 4. The van der Waals surface area contributed by atoms with Crippen LogP contribution in [-0.4, -0.2) is 49.2 Å². The van der Waals surface area contributed by atoms with Crippen molar-refractivity contribution >= 4 is 32.7 Å². The van der Waals surface area contributed by atoms with Crippen LogP contribution < -0.4 is 15.0 Å². The van der Waals surface area contributed by atoms with Crippen molar-refractivity contribution < 1.29 is 9.53 Å². The third-order valence-corrected chi connectivity index (χ3v) is 6.32. The van der Waals surface area contributed by atoms with E-state index in [-0.39, 0.29) is 6.03 Å². The lowest BCUT2D eigenvalue weighted by Gasteiger charge is -2.34. The lowest BCUT2D eigenvalue weighted by Crippen LogP contribution is -2.51. The van der Waals surface area contributed by atoms with Gasteiger partial charge in [0, 0.05) is 32.7 Å². The summed E-state index contributed by atoms with van der Waals surface area (Å²) in [5.74, 6) is 0.816. The number of ether oxygens (including phenoxy) is 1. The van der Waals surface area contributed by atoms with Crippen molar-refractivity contribution in [2.75, 3.05) is 38.2 Å². The summed E-state index contributed by atoms with van der Waals surface area (Å²) in [4.78, 5) is 21.5. The minimum Gasteiger partial charge on any atom is -0.497 e. The number of carbonyl (C=O) groups excluding carboxylic acids is 1. The number of thiazole rings is 1. The van der Waals surface area contributed by atoms with E-state index in [0.717, 1.165) is 35.1 Å². The van der Waals surface area contributed by atoms with Crippen LogP contribution in [0, 0.1) is 13.8 Å². The van der Waals surface area contributed by atoms with Crippen LogP contribution in [0.3, 0.4) is 0 Å². The summed E-state index contributed by atoms with van der Waals surface area (Å²) in [5, 5.41) is 4.06. The molecule has 1 aliphatic heterocycles. The molecule has 0 unspecified atom stereocenters. The number of anilines is 1. The van der Waals surface area contributed by atoms with Crippen LogP contribution in [0.1, 0.15) is 16.7 Å². The van der Waals surface area contributed by atoms with E-state index >= 15 is 0 Å². The van der Waals surface area contributed by atoms with Crippen molar-refractivity contribution in [2.45, 2.75) is 20.4 Å². The highest BCUT2D eigenvalue weighted by Gasteiger charge is 2.23. The molecule has 7 heteroatoms. The zero-order chi connectivity index (χ0) is 20.4. The van der Waals surface area contributed by atoms with Gasteiger partial charge in [0.25, 0.3) is 0 Å². The third kappa shape index (κ3) is 4.29. The van der Waals surface area contributed by atoms with Gasteiger partial charge in [-0.3, -0.25) is 0 Å². The van der Waals surface area contributed by atoms with Gasteiger partial charge in [-0.2, -0.15) is 0 Å². The van der Waals surface area contributed by atoms with Gasteiger partial charge in [0.15, 0.2) is 5.13 Å². The number of amides is 2. The van der Waals surface area contributed by atoms with E-state index in [1.165, 1.54) is 15.8 Å². The zero-order valence-corrected chi connectivity index (χ0v) is 17.9. The molecule has 0 aliphatic carbocycles. The zero-order valence-electron chi connectivity index (χ0n) is 17.1. The normalized spacial score (nSPS) is 14.3. The number of aryl methyl sites for hydroxylation is 2. The molecular weight excluding hydrogens is 384 g/mol. The first-order chi connectivity index (χ1) is 14.0. The molecule has 1 aliphatic rings. The van der Waals surface area contributed by atoms with Crippen molar-refractivity contribution in [2.24, 2.45) is 0 Å². The van der Waals surface area contributed by atoms with Crippen molar-refractivity contribution in [3.05, 3.63) is 53.1 Å². The van der Waals surface area contributed by atoms with E-state index < -0.39 is 0 Å². The molecule has 0 spiro atoms. The smallest absolute Gasteiger partial charge is 0.317 e.